The topological polar surface area (TPSA) is 52.0 Å². The van der Waals surface area contributed by atoms with Crippen molar-refractivity contribution in [3.63, 3.8) is 0 Å². The molecule has 0 aliphatic rings. The highest BCUT2D eigenvalue weighted by atomic mass is 19.1. The van der Waals surface area contributed by atoms with Crippen LogP contribution in [0.5, 0.6) is 0 Å². The number of nitrogens with zero attached hydrogens (tertiary/aromatic N) is 1. The van der Waals surface area contributed by atoms with Crippen molar-refractivity contribution < 1.29 is 13.3 Å². The number of halogens is 2. The number of nitrogen functional groups attached to an aromatic ring is 1. The van der Waals surface area contributed by atoms with Crippen molar-refractivity contribution >= 4 is 5.82 Å². The van der Waals surface area contributed by atoms with Gasteiger partial charge in [0.25, 0.3) is 0 Å². The summed E-state index contributed by atoms with van der Waals surface area (Å²) in [4.78, 5) is 0. The van der Waals surface area contributed by atoms with Gasteiger partial charge in [-0.3, -0.25) is 0 Å². The van der Waals surface area contributed by atoms with E-state index < -0.39 is 11.6 Å². The van der Waals surface area contributed by atoms with Crippen LogP contribution < -0.4 is 5.73 Å². The first kappa shape index (κ1) is 13.3. The minimum Gasteiger partial charge on any atom is -0.380 e. The molecule has 106 valence electrons. The summed E-state index contributed by atoms with van der Waals surface area (Å²) < 4.78 is 31.9. The van der Waals surface area contributed by atoms with Crippen LogP contribution in [0.15, 0.2) is 47.0 Å². The molecule has 21 heavy (non-hydrogen) atoms. The maximum atomic E-state index is 13.4. The molecular formula is C16H12F2N2O. The summed E-state index contributed by atoms with van der Waals surface area (Å²) >= 11 is 0. The second-order valence-electron chi connectivity index (χ2n) is 4.80. The van der Waals surface area contributed by atoms with Crippen LogP contribution in [0.2, 0.25) is 0 Å². The highest BCUT2D eigenvalue weighted by Gasteiger charge is 2.19. The number of hydrogen-bond acceptors (Lipinski definition) is 3. The molecule has 0 radical (unpaired) electrons. The Morgan fingerprint density at radius 2 is 1.71 bits per heavy atom. The average molecular weight is 286 g/mol. The lowest BCUT2D eigenvalue weighted by Gasteiger charge is -2.04. The molecule has 3 nitrogen and oxygen atoms in total. The lowest BCUT2D eigenvalue weighted by molar-refractivity contribution is 0.435. The van der Waals surface area contributed by atoms with E-state index in [2.05, 4.69) is 5.16 Å². The van der Waals surface area contributed by atoms with Crippen LogP contribution in [0.4, 0.5) is 14.6 Å². The van der Waals surface area contributed by atoms with E-state index in [9.17, 15) is 8.78 Å². The molecule has 0 aliphatic heterocycles. The molecule has 0 saturated carbocycles. The maximum Gasteiger partial charge on any atom is 0.177 e. The van der Waals surface area contributed by atoms with Gasteiger partial charge in [0.1, 0.15) is 11.6 Å². The number of nitrogens with two attached hydrogens (primary N) is 1. The third-order valence-electron chi connectivity index (χ3n) is 3.15. The molecule has 5 heteroatoms. The Kier molecular flexibility index (Phi) is 3.17. The molecule has 0 aliphatic carbocycles. The Hall–Kier alpha value is -2.69. The van der Waals surface area contributed by atoms with E-state index in [-0.39, 0.29) is 17.1 Å². The van der Waals surface area contributed by atoms with Crippen molar-refractivity contribution in [3.8, 4) is 22.5 Å². The first-order chi connectivity index (χ1) is 10.0. The predicted molar refractivity (Wildman–Crippen MR) is 76.4 cm³/mol. The molecule has 3 rings (SSSR count). The fraction of sp³-hybridized carbons (Fsp3) is 0.0625. The summed E-state index contributed by atoms with van der Waals surface area (Å²) in [7, 11) is 0. The van der Waals surface area contributed by atoms with E-state index >= 15 is 0 Å². The summed E-state index contributed by atoms with van der Waals surface area (Å²) in [6.45, 7) is 1.94. The third kappa shape index (κ3) is 2.50. The van der Waals surface area contributed by atoms with Gasteiger partial charge in [0.05, 0.1) is 5.56 Å². The number of anilines is 1. The van der Waals surface area contributed by atoms with Gasteiger partial charge < -0.3 is 10.3 Å². The minimum atomic E-state index is -0.685. The molecular weight excluding hydrogens is 274 g/mol. The summed E-state index contributed by atoms with van der Waals surface area (Å²) in [5.74, 6) is -0.943. The zero-order valence-corrected chi connectivity index (χ0v) is 11.2. The lowest BCUT2D eigenvalue weighted by atomic mass is 10.00. The molecule has 0 bridgehead atoms. The van der Waals surface area contributed by atoms with Crippen molar-refractivity contribution in [1.82, 2.24) is 5.16 Å². The predicted octanol–water partition coefficient (Wildman–Crippen LogP) is 4.18. The molecule has 2 N–H and O–H groups in total. The van der Waals surface area contributed by atoms with E-state index in [1.165, 1.54) is 12.1 Å². The maximum absolute atomic E-state index is 13.4. The zero-order valence-electron chi connectivity index (χ0n) is 11.2. The molecule has 0 fully saturated rings. The Balaban J connectivity index is 2.21. The fourth-order valence-electron chi connectivity index (χ4n) is 2.26. The fourth-order valence-corrected chi connectivity index (χ4v) is 2.26. The number of hydrogen-bond donors (Lipinski definition) is 1. The zero-order chi connectivity index (χ0) is 15.0. The molecule has 1 aromatic heterocycles. The SMILES string of the molecule is Cc1cccc(-c2c(N)noc2-c2cc(F)cc(F)c2)c1. The molecule has 0 unspecified atom stereocenters. The summed E-state index contributed by atoms with van der Waals surface area (Å²) in [6.07, 6.45) is 0. The van der Waals surface area contributed by atoms with Crippen LogP contribution in [0.1, 0.15) is 5.56 Å². The van der Waals surface area contributed by atoms with Gasteiger partial charge in [0, 0.05) is 11.6 Å². The minimum absolute atomic E-state index is 0.181. The second-order valence-corrected chi connectivity index (χ2v) is 4.80. The van der Waals surface area contributed by atoms with Gasteiger partial charge in [-0.15, -0.1) is 0 Å². The number of aromatic nitrogens is 1. The van der Waals surface area contributed by atoms with E-state index in [1.807, 2.05) is 31.2 Å². The third-order valence-corrected chi connectivity index (χ3v) is 3.15. The lowest BCUT2D eigenvalue weighted by Crippen LogP contribution is -1.90. The Labute approximate surface area is 120 Å². The van der Waals surface area contributed by atoms with Crippen LogP contribution in [-0.2, 0) is 0 Å². The van der Waals surface area contributed by atoms with Crippen LogP contribution >= 0.6 is 0 Å². The first-order valence-electron chi connectivity index (χ1n) is 6.33. The van der Waals surface area contributed by atoms with Crippen LogP contribution in [-0.4, -0.2) is 5.16 Å². The molecule has 0 amide bonds. The Bertz CT molecular complexity index is 792. The monoisotopic (exact) mass is 286 g/mol. The normalized spacial score (nSPS) is 10.8. The molecule has 0 atom stereocenters. The largest absolute Gasteiger partial charge is 0.380 e. The van der Waals surface area contributed by atoms with Gasteiger partial charge >= 0.3 is 0 Å². The Morgan fingerprint density at radius 3 is 2.38 bits per heavy atom. The van der Waals surface area contributed by atoms with Gasteiger partial charge in [-0.2, -0.15) is 0 Å². The standard InChI is InChI=1S/C16H12F2N2O/c1-9-3-2-4-10(5-9)14-15(21-20-16(14)19)11-6-12(17)8-13(18)7-11/h2-8H,1H3,(H2,19,20). The highest BCUT2D eigenvalue weighted by molar-refractivity contribution is 5.86. The summed E-state index contributed by atoms with van der Waals surface area (Å²) in [5.41, 5.74) is 8.45. The molecule has 0 spiro atoms. The molecule has 3 aromatic rings. The van der Waals surface area contributed by atoms with Crippen molar-refractivity contribution in [2.45, 2.75) is 6.92 Å². The quantitative estimate of drug-likeness (QED) is 0.769. The van der Waals surface area contributed by atoms with Gasteiger partial charge in [-0.05, 0) is 24.6 Å². The van der Waals surface area contributed by atoms with Crippen molar-refractivity contribution in [1.29, 1.82) is 0 Å². The van der Waals surface area contributed by atoms with Gasteiger partial charge in [0.2, 0.25) is 0 Å². The summed E-state index contributed by atoms with van der Waals surface area (Å²) in [5, 5.41) is 3.72. The van der Waals surface area contributed by atoms with Crippen LogP contribution in [0, 0.1) is 18.6 Å². The van der Waals surface area contributed by atoms with Gasteiger partial charge in [0.15, 0.2) is 11.6 Å². The number of aryl methyl sites for hydroxylation is 1. The number of benzene rings is 2. The second kappa shape index (κ2) is 5.01. The van der Waals surface area contributed by atoms with Crippen LogP contribution in [0.3, 0.4) is 0 Å². The average Bonchev–Trinajstić information content (AvgIpc) is 2.79. The molecule has 2 aromatic carbocycles. The van der Waals surface area contributed by atoms with Crippen molar-refractivity contribution in [2.24, 2.45) is 0 Å². The van der Waals surface area contributed by atoms with Gasteiger partial charge in [-0.25, -0.2) is 8.78 Å². The molecule has 1 heterocycles. The van der Waals surface area contributed by atoms with E-state index in [4.69, 9.17) is 10.3 Å². The van der Waals surface area contributed by atoms with Crippen molar-refractivity contribution in [3.05, 3.63) is 59.7 Å². The van der Waals surface area contributed by atoms with E-state index in [0.29, 0.717) is 5.56 Å². The van der Waals surface area contributed by atoms with Crippen molar-refractivity contribution in [2.75, 3.05) is 5.73 Å². The van der Waals surface area contributed by atoms with E-state index in [0.717, 1.165) is 17.2 Å². The molecule has 0 saturated heterocycles. The smallest absolute Gasteiger partial charge is 0.177 e. The summed E-state index contributed by atoms with van der Waals surface area (Å²) in [6, 6.07) is 10.7. The van der Waals surface area contributed by atoms with Gasteiger partial charge in [-0.1, -0.05) is 35.0 Å². The highest BCUT2D eigenvalue weighted by Crippen LogP contribution is 2.37. The number of rotatable bonds is 2. The van der Waals surface area contributed by atoms with E-state index in [1.54, 1.807) is 0 Å². The van der Waals surface area contributed by atoms with Crippen LogP contribution in [0.25, 0.3) is 22.5 Å². The Morgan fingerprint density at radius 1 is 1.00 bits per heavy atom. The first-order valence-corrected chi connectivity index (χ1v) is 6.33.